The first-order chi connectivity index (χ1) is 13.6. The molecule has 4 rings (SSSR count). The minimum Gasteiger partial charge on any atom is -0.359 e. The third-order valence-corrected chi connectivity index (χ3v) is 5.80. The zero-order valence-corrected chi connectivity index (χ0v) is 17.3. The third kappa shape index (κ3) is 4.41. The number of para-hydroxylation sites is 1. The number of aliphatic imine (C=N–C) groups is 1. The Hall–Kier alpha value is -2.26. The summed E-state index contributed by atoms with van der Waals surface area (Å²) in [6.07, 6.45) is 7.55. The van der Waals surface area contributed by atoms with Crippen LogP contribution in [0.15, 0.2) is 65.3 Å². The van der Waals surface area contributed by atoms with Crippen LogP contribution in [-0.2, 0) is 0 Å². The minimum absolute atomic E-state index is 0.127. The number of anilines is 1. The number of halogens is 1. The van der Waals surface area contributed by atoms with Gasteiger partial charge in [0.15, 0.2) is 0 Å². The highest BCUT2D eigenvalue weighted by atomic mass is 35.5. The van der Waals surface area contributed by atoms with E-state index in [0.717, 1.165) is 33.6 Å². The standard InChI is InChI=1S/C24H28ClN3/c1-3-6-19(17-9-10-17)15-16(2)26-24-21-7-4-5-8-22(21)27-23(28-24)18-11-13-20(25)14-12-18/h4-5,7-8,11-15,17,19,23,27H,3,6,9-10H2,1-2H3,(H,26,28)/b16-15+. The third-order valence-electron chi connectivity index (χ3n) is 5.55. The Balaban J connectivity index is 1.61. The number of nitrogens with zero attached hydrogens (tertiary/aromatic N) is 1. The molecule has 0 spiro atoms. The molecule has 0 saturated heterocycles. The van der Waals surface area contributed by atoms with Crippen molar-refractivity contribution in [3.63, 3.8) is 0 Å². The molecule has 1 fully saturated rings. The molecule has 146 valence electrons. The van der Waals surface area contributed by atoms with Gasteiger partial charge in [-0.2, -0.15) is 0 Å². The molecule has 1 saturated carbocycles. The second kappa shape index (κ2) is 8.40. The summed E-state index contributed by atoms with van der Waals surface area (Å²) in [4.78, 5) is 4.99. The van der Waals surface area contributed by atoms with Gasteiger partial charge in [0, 0.05) is 22.0 Å². The van der Waals surface area contributed by atoms with E-state index >= 15 is 0 Å². The predicted octanol–water partition coefficient (Wildman–Crippen LogP) is 6.53. The van der Waals surface area contributed by atoms with Crippen molar-refractivity contribution in [3.05, 3.63) is 76.5 Å². The summed E-state index contributed by atoms with van der Waals surface area (Å²) in [5.41, 5.74) is 4.50. The largest absolute Gasteiger partial charge is 0.359 e. The van der Waals surface area contributed by atoms with Gasteiger partial charge in [-0.3, -0.25) is 0 Å². The molecule has 1 heterocycles. The maximum Gasteiger partial charge on any atom is 0.147 e. The fraction of sp³-hybridized carbons (Fsp3) is 0.375. The Kier molecular flexibility index (Phi) is 5.72. The number of benzene rings is 2. The molecule has 3 nitrogen and oxygen atoms in total. The fourth-order valence-electron chi connectivity index (χ4n) is 3.96. The highest BCUT2D eigenvalue weighted by Crippen LogP contribution is 2.40. The summed E-state index contributed by atoms with van der Waals surface area (Å²) in [6.45, 7) is 4.44. The van der Waals surface area contributed by atoms with Crippen LogP contribution in [0.3, 0.4) is 0 Å². The van der Waals surface area contributed by atoms with Crippen molar-refractivity contribution in [1.29, 1.82) is 0 Å². The van der Waals surface area contributed by atoms with Crippen LogP contribution in [-0.4, -0.2) is 5.84 Å². The number of allylic oxidation sites excluding steroid dienone is 2. The topological polar surface area (TPSA) is 36.4 Å². The van der Waals surface area contributed by atoms with E-state index in [1.807, 2.05) is 24.3 Å². The van der Waals surface area contributed by atoms with Gasteiger partial charge in [0.05, 0.1) is 0 Å². The number of nitrogens with one attached hydrogen (secondary N) is 2. The van der Waals surface area contributed by atoms with E-state index in [-0.39, 0.29) is 6.17 Å². The first kappa shape index (κ1) is 19.1. The zero-order chi connectivity index (χ0) is 19.5. The van der Waals surface area contributed by atoms with E-state index in [2.05, 4.69) is 54.8 Å². The average molecular weight is 394 g/mol. The maximum atomic E-state index is 6.06. The van der Waals surface area contributed by atoms with E-state index < -0.39 is 0 Å². The van der Waals surface area contributed by atoms with Gasteiger partial charge in [0.1, 0.15) is 12.0 Å². The van der Waals surface area contributed by atoms with Crippen molar-refractivity contribution < 1.29 is 0 Å². The Bertz CT molecular complexity index is 881. The van der Waals surface area contributed by atoms with Crippen LogP contribution in [0.1, 0.15) is 56.8 Å². The molecule has 2 aromatic rings. The molecule has 2 aromatic carbocycles. The number of hydrogen-bond donors (Lipinski definition) is 2. The highest BCUT2D eigenvalue weighted by molar-refractivity contribution is 6.30. The van der Waals surface area contributed by atoms with Crippen LogP contribution in [0, 0.1) is 11.8 Å². The van der Waals surface area contributed by atoms with Gasteiger partial charge in [-0.1, -0.05) is 55.3 Å². The first-order valence-corrected chi connectivity index (χ1v) is 10.7. The molecule has 2 atom stereocenters. The number of amidine groups is 1. The van der Waals surface area contributed by atoms with E-state index in [4.69, 9.17) is 16.6 Å². The van der Waals surface area contributed by atoms with Crippen molar-refractivity contribution in [3.8, 4) is 0 Å². The summed E-state index contributed by atoms with van der Waals surface area (Å²) in [5, 5.41) is 7.88. The summed E-state index contributed by atoms with van der Waals surface area (Å²) < 4.78 is 0. The van der Waals surface area contributed by atoms with Crippen molar-refractivity contribution in [2.24, 2.45) is 16.8 Å². The molecule has 0 bridgehead atoms. The second-order valence-electron chi connectivity index (χ2n) is 7.89. The van der Waals surface area contributed by atoms with Crippen LogP contribution in [0.2, 0.25) is 5.02 Å². The van der Waals surface area contributed by atoms with Crippen LogP contribution in [0.4, 0.5) is 5.69 Å². The summed E-state index contributed by atoms with van der Waals surface area (Å²) in [6, 6.07) is 16.2. The second-order valence-corrected chi connectivity index (χ2v) is 8.32. The van der Waals surface area contributed by atoms with Crippen molar-refractivity contribution in [1.82, 2.24) is 5.32 Å². The van der Waals surface area contributed by atoms with E-state index in [0.29, 0.717) is 5.92 Å². The molecule has 0 amide bonds. The summed E-state index contributed by atoms with van der Waals surface area (Å²) >= 11 is 6.06. The van der Waals surface area contributed by atoms with Crippen molar-refractivity contribution in [2.45, 2.75) is 45.7 Å². The molecule has 0 aromatic heterocycles. The smallest absolute Gasteiger partial charge is 0.147 e. The molecule has 1 aliphatic carbocycles. The van der Waals surface area contributed by atoms with Gasteiger partial charge in [-0.25, -0.2) is 4.99 Å². The first-order valence-electron chi connectivity index (χ1n) is 10.3. The van der Waals surface area contributed by atoms with E-state index in [1.165, 1.54) is 31.4 Å². The highest BCUT2D eigenvalue weighted by Gasteiger charge is 2.29. The summed E-state index contributed by atoms with van der Waals surface area (Å²) in [7, 11) is 0. The van der Waals surface area contributed by atoms with Gasteiger partial charge in [-0.15, -0.1) is 0 Å². The lowest BCUT2D eigenvalue weighted by Gasteiger charge is -2.27. The minimum atomic E-state index is -0.127. The Morgan fingerprint density at radius 3 is 2.68 bits per heavy atom. The molecular formula is C24H28ClN3. The normalized spacial score (nSPS) is 20.0. The van der Waals surface area contributed by atoms with Crippen molar-refractivity contribution in [2.75, 3.05) is 5.32 Å². The number of fused-ring (bicyclic) bond motifs is 1. The lowest BCUT2D eigenvalue weighted by atomic mass is 9.97. The fourth-order valence-corrected chi connectivity index (χ4v) is 4.08. The summed E-state index contributed by atoms with van der Waals surface area (Å²) in [5.74, 6) is 2.48. The molecule has 2 unspecified atom stereocenters. The van der Waals surface area contributed by atoms with Crippen LogP contribution in [0.5, 0.6) is 0 Å². The quantitative estimate of drug-likeness (QED) is 0.585. The zero-order valence-electron chi connectivity index (χ0n) is 16.6. The molecular weight excluding hydrogens is 366 g/mol. The van der Waals surface area contributed by atoms with Gasteiger partial charge < -0.3 is 10.6 Å². The lowest BCUT2D eigenvalue weighted by Crippen LogP contribution is -2.30. The molecule has 0 radical (unpaired) electrons. The average Bonchev–Trinajstić information content (AvgIpc) is 3.53. The van der Waals surface area contributed by atoms with Crippen molar-refractivity contribution >= 4 is 23.1 Å². The van der Waals surface area contributed by atoms with Crippen LogP contribution >= 0.6 is 11.6 Å². The predicted molar refractivity (Wildman–Crippen MR) is 119 cm³/mol. The Morgan fingerprint density at radius 1 is 1.21 bits per heavy atom. The number of rotatable bonds is 6. The molecule has 4 heteroatoms. The van der Waals surface area contributed by atoms with Gasteiger partial charge in [0.25, 0.3) is 0 Å². The Morgan fingerprint density at radius 2 is 1.96 bits per heavy atom. The monoisotopic (exact) mass is 393 g/mol. The van der Waals surface area contributed by atoms with Crippen LogP contribution in [0.25, 0.3) is 0 Å². The van der Waals surface area contributed by atoms with Crippen LogP contribution < -0.4 is 10.6 Å². The molecule has 1 aliphatic heterocycles. The van der Waals surface area contributed by atoms with Gasteiger partial charge >= 0.3 is 0 Å². The van der Waals surface area contributed by atoms with Gasteiger partial charge in [0.2, 0.25) is 0 Å². The number of hydrogen-bond acceptors (Lipinski definition) is 3. The lowest BCUT2D eigenvalue weighted by molar-refractivity contribution is 0.512. The van der Waals surface area contributed by atoms with E-state index in [1.54, 1.807) is 0 Å². The molecule has 2 aliphatic rings. The molecule has 28 heavy (non-hydrogen) atoms. The Labute approximate surface area is 172 Å². The maximum absolute atomic E-state index is 6.06. The van der Waals surface area contributed by atoms with E-state index in [9.17, 15) is 0 Å². The SMILES string of the molecule is CCCC(/C=C(\C)NC1=NC(c2ccc(Cl)cc2)Nc2ccccc21)C1CC1. The molecule has 2 N–H and O–H groups in total. The van der Waals surface area contributed by atoms with Gasteiger partial charge in [-0.05, 0) is 67.9 Å².